The van der Waals surface area contributed by atoms with Crippen molar-refractivity contribution in [2.75, 3.05) is 5.75 Å². The van der Waals surface area contributed by atoms with Gasteiger partial charge < -0.3 is 4.74 Å². The summed E-state index contributed by atoms with van der Waals surface area (Å²) in [6, 6.07) is 0. The van der Waals surface area contributed by atoms with E-state index in [-0.39, 0.29) is 22.7 Å². The van der Waals surface area contributed by atoms with Gasteiger partial charge >= 0.3 is 5.97 Å². The minimum Gasteiger partial charge on any atom is -0.458 e. The fourth-order valence-electron chi connectivity index (χ4n) is 3.94. The monoisotopic (exact) mass is 346 g/mol. The summed E-state index contributed by atoms with van der Waals surface area (Å²) in [6.07, 6.45) is 0.633. The molecule has 0 amide bonds. The molecule has 1 heterocycles. The quantitative estimate of drug-likeness (QED) is 0.430. The van der Waals surface area contributed by atoms with Crippen LogP contribution in [0.2, 0.25) is 0 Å². The second-order valence-corrected chi connectivity index (χ2v) is 9.11. The van der Waals surface area contributed by atoms with E-state index in [1.807, 2.05) is 0 Å². The highest BCUT2D eigenvalue weighted by atomic mass is 32.2. The van der Waals surface area contributed by atoms with Crippen LogP contribution in [-0.2, 0) is 28.6 Å². The minimum absolute atomic E-state index is 0.0167. The zero-order chi connectivity index (χ0) is 16.3. The van der Waals surface area contributed by atoms with Gasteiger partial charge in [0, 0.05) is 11.8 Å². The van der Waals surface area contributed by atoms with E-state index < -0.39 is 33.0 Å². The predicted octanol–water partition coefficient (Wildman–Crippen LogP) is 1.26. The Labute approximate surface area is 133 Å². The number of ether oxygens (including phenoxy) is 1. The number of hydrogen-bond donors (Lipinski definition) is 0. The van der Waals surface area contributed by atoms with Gasteiger partial charge in [-0.3, -0.25) is 13.8 Å². The van der Waals surface area contributed by atoms with Crippen LogP contribution in [0.25, 0.3) is 0 Å². The highest BCUT2D eigenvalue weighted by Gasteiger charge is 2.71. The molecule has 122 valence electrons. The smallest absolute Gasteiger partial charge is 0.316 e. The molecule has 0 spiro atoms. The van der Waals surface area contributed by atoms with Crippen LogP contribution in [0.5, 0.6) is 0 Å². The Kier molecular flexibility index (Phi) is 3.69. The molecule has 3 aliphatic rings. The molecule has 22 heavy (non-hydrogen) atoms. The van der Waals surface area contributed by atoms with Crippen molar-refractivity contribution in [3.8, 4) is 0 Å². The Hall–Kier alpha value is -0.860. The van der Waals surface area contributed by atoms with Crippen molar-refractivity contribution in [1.29, 1.82) is 0 Å². The van der Waals surface area contributed by atoms with Gasteiger partial charge in [-0.15, -0.1) is 0 Å². The van der Waals surface area contributed by atoms with Crippen LogP contribution in [0.4, 0.5) is 0 Å². The fourth-order valence-corrected chi connectivity index (χ4v) is 6.62. The van der Waals surface area contributed by atoms with Gasteiger partial charge in [-0.2, -0.15) is 8.42 Å². The van der Waals surface area contributed by atoms with Crippen molar-refractivity contribution in [2.24, 2.45) is 11.8 Å². The van der Waals surface area contributed by atoms with Crippen LogP contribution in [0.15, 0.2) is 12.2 Å². The summed E-state index contributed by atoms with van der Waals surface area (Å²) in [5.41, 5.74) is -0.580. The first-order valence-corrected chi connectivity index (χ1v) is 9.57. The van der Waals surface area contributed by atoms with Crippen molar-refractivity contribution >= 4 is 33.0 Å². The zero-order valence-corrected chi connectivity index (χ0v) is 14.0. The summed E-state index contributed by atoms with van der Waals surface area (Å²) in [4.78, 5) is 23.4. The summed E-state index contributed by atoms with van der Waals surface area (Å²) >= 11 is 0.842. The Balaban J connectivity index is 1.66. The normalized spacial score (nSPS) is 40.6. The molecular weight excluding hydrogens is 328 g/mol. The lowest BCUT2D eigenvalue weighted by Gasteiger charge is -2.33. The first-order valence-electron chi connectivity index (χ1n) is 7.11. The van der Waals surface area contributed by atoms with Gasteiger partial charge in [0.25, 0.3) is 10.1 Å². The van der Waals surface area contributed by atoms with Gasteiger partial charge in [-0.05, 0) is 32.3 Å². The highest BCUT2D eigenvalue weighted by molar-refractivity contribution is 8.14. The largest absolute Gasteiger partial charge is 0.458 e. The molecule has 2 aliphatic carbocycles. The third kappa shape index (κ3) is 2.32. The average Bonchev–Trinajstić information content (AvgIpc) is 2.98. The van der Waals surface area contributed by atoms with Crippen molar-refractivity contribution < 1.29 is 26.9 Å². The maximum atomic E-state index is 12.0. The van der Waals surface area contributed by atoms with Crippen LogP contribution in [-0.4, -0.2) is 42.2 Å². The molecule has 2 bridgehead atoms. The lowest BCUT2D eigenvalue weighted by Crippen LogP contribution is -2.47. The van der Waals surface area contributed by atoms with Gasteiger partial charge in [0.15, 0.2) is 0 Å². The number of carbonyl (C=O) groups excluding carboxylic acids is 2. The third-order valence-electron chi connectivity index (χ3n) is 4.86. The van der Waals surface area contributed by atoms with E-state index in [0.717, 1.165) is 11.8 Å². The van der Waals surface area contributed by atoms with E-state index >= 15 is 0 Å². The van der Waals surface area contributed by atoms with Crippen LogP contribution in [0.1, 0.15) is 26.7 Å². The molecule has 6 nitrogen and oxygen atoms in total. The number of hydrogen-bond acceptors (Lipinski definition) is 7. The maximum absolute atomic E-state index is 12.0. The molecule has 0 aromatic carbocycles. The summed E-state index contributed by atoms with van der Waals surface area (Å²) in [6.45, 7) is 6.80. The van der Waals surface area contributed by atoms with E-state index in [0.29, 0.717) is 18.4 Å². The Morgan fingerprint density at radius 1 is 1.41 bits per heavy atom. The molecule has 5 unspecified atom stereocenters. The lowest BCUT2D eigenvalue weighted by atomic mass is 9.83. The highest BCUT2D eigenvalue weighted by Crippen LogP contribution is 2.61. The standard InChI is InChI=1S/C14H18O6S2/c1-7(2)13(16)21-6-11(15)19-12-8-4-9-10(5-8)22(17,18)20-14(9,12)3/h8-10,12H,1,4-6H2,2-3H3. The summed E-state index contributed by atoms with van der Waals surface area (Å²) in [7, 11) is -3.56. The van der Waals surface area contributed by atoms with E-state index in [4.69, 9.17) is 8.92 Å². The summed E-state index contributed by atoms with van der Waals surface area (Å²) in [5, 5.41) is -0.715. The zero-order valence-electron chi connectivity index (χ0n) is 12.4. The second kappa shape index (κ2) is 5.07. The molecule has 8 heteroatoms. The molecule has 3 fully saturated rings. The van der Waals surface area contributed by atoms with Crippen molar-refractivity contribution in [1.82, 2.24) is 0 Å². The molecule has 0 radical (unpaired) electrons. The summed E-state index contributed by atoms with van der Waals surface area (Å²) < 4.78 is 34.7. The SMILES string of the molecule is C=C(C)C(=O)SCC(=O)OC1C2CC3C(C2)S(=O)(=O)OC31C. The van der Waals surface area contributed by atoms with Gasteiger partial charge in [0.2, 0.25) is 5.12 Å². The molecule has 1 aliphatic heterocycles. The van der Waals surface area contributed by atoms with Crippen molar-refractivity contribution in [3.63, 3.8) is 0 Å². The third-order valence-corrected chi connectivity index (χ3v) is 7.71. The van der Waals surface area contributed by atoms with Crippen LogP contribution >= 0.6 is 11.8 Å². The predicted molar refractivity (Wildman–Crippen MR) is 80.6 cm³/mol. The molecule has 0 aromatic heterocycles. The molecular formula is C14H18O6S2. The minimum atomic E-state index is -3.56. The van der Waals surface area contributed by atoms with E-state index in [1.54, 1.807) is 13.8 Å². The van der Waals surface area contributed by atoms with Crippen molar-refractivity contribution in [3.05, 3.63) is 12.2 Å². The number of rotatable bonds is 4. The topological polar surface area (TPSA) is 86.7 Å². The van der Waals surface area contributed by atoms with Crippen LogP contribution < -0.4 is 0 Å². The van der Waals surface area contributed by atoms with E-state index in [1.165, 1.54) is 0 Å². The Morgan fingerprint density at radius 2 is 2.09 bits per heavy atom. The van der Waals surface area contributed by atoms with E-state index in [2.05, 4.69) is 6.58 Å². The Morgan fingerprint density at radius 3 is 2.73 bits per heavy atom. The number of esters is 1. The molecule has 5 atom stereocenters. The first kappa shape index (κ1) is 16.0. The second-order valence-electron chi connectivity index (χ2n) is 6.40. The van der Waals surface area contributed by atoms with E-state index in [9.17, 15) is 18.0 Å². The lowest BCUT2D eigenvalue weighted by molar-refractivity contribution is -0.160. The summed E-state index contributed by atoms with van der Waals surface area (Å²) in [5.74, 6) is -0.720. The molecule has 0 N–H and O–H groups in total. The number of thioether (sulfide) groups is 1. The molecule has 2 saturated carbocycles. The number of carbonyl (C=O) groups is 2. The Bertz CT molecular complexity index is 654. The number of fused-ring (bicyclic) bond motifs is 1. The van der Waals surface area contributed by atoms with Crippen molar-refractivity contribution in [2.45, 2.75) is 43.6 Å². The van der Waals surface area contributed by atoms with Gasteiger partial charge in [0.1, 0.15) is 11.7 Å². The van der Waals surface area contributed by atoms with Crippen LogP contribution in [0.3, 0.4) is 0 Å². The molecule has 1 saturated heterocycles. The van der Waals surface area contributed by atoms with Gasteiger partial charge in [-0.25, -0.2) is 0 Å². The maximum Gasteiger partial charge on any atom is 0.316 e. The van der Waals surface area contributed by atoms with Crippen LogP contribution in [0, 0.1) is 11.8 Å². The molecule has 0 aromatic rings. The van der Waals surface area contributed by atoms with Gasteiger partial charge in [0.05, 0.1) is 11.0 Å². The van der Waals surface area contributed by atoms with Gasteiger partial charge in [-0.1, -0.05) is 18.3 Å². The first-order chi connectivity index (χ1) is 10.1. The average molecular weight is 346 g/mol. The fraction of sp³-hybridized carbons (Fsp3) is 0.714. The molecule has 3 rings (SSSR count).